The molecular formula is C52H37N. The average molecular weight is 676 g/mol. The molecule has 0 saturated heterocycles. The van der Waals surface area contributed by atoms with Crippen LogP contribution in [0.4, 0.5) is 17.1 Å². The summed E-state index contributed by atoms with van der Waals surface area (Å²) in [6, 6.07) is 80.8. The SMILES string of the molecule is c1ccc(-c2ccc(N(c3ccc(-c4ccc5ccccc5c4)cc3)c3ccccc3-c3ccccc3-c3ccccc3-c3ccccc3)cc2)cc1. The zero-order chi connectivity index (χ0) is 35.4. The van der Waals surface area contributed by atoms with Crippen molar-refractivity contribution < 1.29 is 0 Å². The number of hydrogen-bond acceptors (Lipinski definition) is 1. The van der Waals surface area contributed by atoms with Crippen LogP contribution in [-0.4, -0.2) is 0 Å². The molecule has 53 heavy (non-hydrogen) atoms. The molecule has 0 spiro atoms. The van der Waals surface area contributed by atoms with Gasteiger partial charge in [-0.2, -0.15) is 0 Å². The molecule has 9 rings (SSSR count). The molecule has 1 nitrogen and oxygen atoms in total. The maximum atomic E-state index is 2.40. The van der Waals surface area contributed by atoms with Crippen LogP contribution in [-0.2, 0) is 0 Å². The lowest BCUT2D eigenvalue weighted by Crippen LogP contribution is -2.11. The van der Waals surface area contributed by atoms with Crippen molar-refractivity contribution in [3.05, 3.63) is 224 Å². The Bertz CT molecular complexity index is 2640. The van der Waals surface area contributed by atoms with Gasteiger partial charge in [-0.25, -0.2) is 0 Å². The van der Waals surface area contributed by atoms with Gasteiger partial charge in [0.15, 0.2) is 0 Å². The first-order valence-corrected chi connectivity index (χ1v) is 18.2. The van der Waals surface area contributed by atoms with E-state index >= 15 is 0 Å². The number of para-hydroxylation sites is 1. The van der Waals surface area contributed by atoms with Gasteiger partial charge in [-0.15, -0.1) is 0 Å². The molecule has 0 fully saturated rings. The van der Waals surface area contributed by atoms with Crippen LogP contribution in [0.2, 0.25) is 0 Å². The molecule has 250 valence electrons. The van der Waals surface area contributed by atoms with Gasteiger partial charge in [0.1, 0.15) is 0 Å². The largest absolute Gasteiger partial charge is 0.310 e. The van der Waals surface area contributed by atoms with Gasteiger partial charge in [-0.1, -0.05) is 188 Å². The van der Waals surface area contributed by atoms with Gasteiger partial charge < -0.3 is 4.90 Å². The van der Waals surface area contributed by atoms with Crippen LogP contribution in [0, 0.1) is 0 Å². The summed E-state index contributed by atoms with van der Waals surface area (Å²) in [4.78, 5) is 2.40. The minimum atomic E-state index is 1.09. The van der Waals surface area contributed by atoms with Crippen molar-refractivity contribution in [2.75, 3.05) is 4.90 Å². The number of fused-ring (bicyclic) bond motifs is 1. The minimum absolute atomic E-state index is 1.09. The highest BCUT2D eigenvalue weighted by Crippen LogP contribution is 2.45. The Hall–Kier alpha value is -6.96. The maximum absolute atomic E-state index is 2.40. The fraction of sp³-hybridized carbons (Fsp3) is 0. The van der Waals surface area contributed by atoms with Crippen molar-refractivity contribution in [3.63, 3.8) is 0 Å². The molecule has 1 heteroatoms. The summed E-state index contributed by atoms with van der Waals surface area (Å²) in [6.07, 6.45) is 0. The van der Waals surface area contributed by atoms with E-state index in [0.717, 1.165) is 22.6 Å². The standard InChI is InChI=1S/C52H37N/c1-3-15-38(16-4-1)40-29-33-45(34-30-40)53(46-35-31-41(32-36-46)44-28-27-39-17-7-8-20-43(39)37-44)52-26-14-13-25-51(52)50-24-12-11-23-49(50)48-22-10-9-21-47(48)42-18-5-2-6-19-42/h1-37H. The maximum Gasteiger partial charge on any atom is 0.0540 e. The smallest absolute Gasteiger partial charge is 0.0540 e. The van der Waals surface area contributed by atoms with Crippen LogP contribution in [0.15, 0.2) is 224 Å². The summed E-state index contributed by atoms with van der Waals surface area (Å²) in [5.74, 6) is 0. The highest BCUT2D eigenvalue weighted by molar-refractivity contribution is 5.97. The monoisotopic (exact) mass is 675 g/mol. The molecule has 0 aliphatic carbocycles. The first kappa shape index (κ1) is 32.0. The quantitative estimate of drug-likeness (QED) is 0.155. The molecule has 0 unspecified atom stereocenters. The fourth-order valence-corrected chi connectivity index (χ4v) is 7.47. The second kappa shape index (κ2) is 14.3. The summed E-state index contributed by atoms with van der Waals surface area (Å²) in [7, 11) is 0. The van der Waals surface area contributed by atoms with Crippen molar-refractivity contribution in [3.8, 4) is 55.6 Å². The van der Waals surface area contributed by atoms with Crippen LogP contribution in [0.1, 0.15) is 0 Å². The first-order valence-electron chi connectivity index (χ1n) is 18.2. The number of hydrogen-bond donors (Lipinski definition) is 0. The summed E-state index contributed by atoms with van der Waals surface area (Å²) in [5.41, 5.74) is 15.3. The van der Waals surface area contributed by atoms with E-state index in [4.69, 9.17) is 0 Å². The van der Waals surface area contributed by atoms with Crippen molar-refractivity contribution in [2.45, 2.75) is 0 Å². The van der Waals surface area contributed by atoms with E-state index < -0.39 is 0 Å². The summed E-state index contributed by atoms with van der Waals surface area (Å²) in [5, 5.41) is 2.50. The van der Waals surface area contributed by atoms with Crippen molar-refractivity contribution in [1.29, 1.82) is 0 Å². The van der Waals surface area contributed by atoms with E-state index in [0.29, 0.717) is 0 Å². The van der Waals surface area contributed by atoms with Crippen molar-refractivity contribution >= 4 is 27.8 Å². The van der Waals surface area contributed by atoms with Crippen molar-refractivity contribution in [2.24, 2.45) is 0 Å². The molecular weight excluding hydrogens is 639 g/mol. The second-order valence-electron chi connectivity index (χ2n) is 13.3. The molecule has 9 aromatic carbocycles. The predicted molar refractivity (Wildman–Crippen MR) is 226 cm³/mol. The average Bonchev–Trinajstić information content (AvgIpc) is 3.25. The highest BCUT2D eigenvalue weighted by Gasteiger charge is 2.20. The third kappa shape index (κ3) is 6.42. The lowest BCUT2D eigenvalue weighted by Gasteiger charge is -2.29. The number of nitrogens with zero attached hydrogens (tertiary/aromatic N) is 1. The van der Waals surface area contributed by atoms with E-state index in [-0.39, 0.29) is 0 Å². The molecule has 0 aromatic heterocycles. The normalized spacial score (nSPS) is 11.0. The van der Waals surface area contributed by atoms with Crippen LogP contribution in [0.5, 0.6) is 0 Å². The van der Waals surface area contributed by atoms with Crippen LogP contribution >= 0.6 is 0 Å². The zero-order valence-electron chi connectivity index (χ0n) is 29.3. The summed E-state index contributed by atoms with van der Waals surface area (Å²) < 4.78 is 0. The third-order valence-corrected chi connectivity index (χ3v) is 10.1. The van der Waals surface area contributed by atoms with E-state index in [9.17, 15) is 0 Å². The Morgan fingerprint density at radius 3 is 1.25 bits per heavy atom. The Balaban J connectivity index is 1.19. The van der Waals surface area contributed by atoms with Crippen LogP contribution in [0.3, 0.4) is 0 Å². The Kier molecular flexibility index (Phi) is 8.66. The third-order valence-electron chi connectivity index (χ3n) is 10.1. The molecule has 0 aliphatic heterocycles. The van der Waals surface area contributed by atoms with Gasteiger partial charge in [0.05, 0.1) is 5.69 Å². The Morgan fingerprint density at radius 2 is 0.623 bits per heavy atom. The highest BCUT2D eigenvalue weighted by atomic mass is 15.1. The Labute approximate surface area is 311 Å². The van der Waals surface area contributed by atoms with Gasteiger partial charge in [0.25, 0.3) is 0 Å². The van der Waals surface area contributed by atoms with Crippen molar-refractivity contribution in [1.82, 2.24) is 0 Å². The van der Waals surface area contributed by atoms with Gasteiger partial charge in [0, 0.05) is 16.9 Å². The first-order chi connectivity index (χ1) is 26.3. The Morgan fingerprint density at radius 1 is 0.226 bits per heavy atom. The molecule has 0 amide bonds. The van der Waals surface area contributed by atoms with Gasteiger partial charge >= 0.3 is 0 Å². The molecule has 0 atom stereocenters. The van der Waals surface area contributed by atoms with E-state index in [2.05, 4.69) is 229 Å². The predicted octanol–water partition coefficient (Wildman–Crippen LogP) is 14.6. The molecule has 0 saturated carbocycles. The topological polar surface area (TPSA) is 3.24 Å². The molecule has 0 heterocycles. The zero-order valence-corrected chi connectivity index (χ0v) is 29.3. The van der Waals surface area contributed by atoms with Gasteiger partial charge in [-0.05, 0) is 97.2 Å². The molecule has 0 radical (unpaired) electrons. The molecule has 0 aliphatic rings. The fourth-order valence-electron chi connectivity index (χ4n) is 7.47. The van der Waals surface area contributed by atoms with E-state index in [1.54, 1.807) is 0 Å². The van der Waals surface area contributed by atoms with Gasteiger partial charge in [0.2, 0.25) is 0 Å². The molecule has 0 N–H and O–H groups in total. The minimum Gasteiger partial charge on any atom is -0.310 e. The lowest BCUT2D eigenvalue weighted by molar-refractivity contribution is 1.28. The number of benzene rings is 9. The second-order valence-corrected chi connectivity index (χ2v) is 13.3. The lowest BCUT2D eigenvalue weighted by atomic mass is 9.88. The summed E-state index contributed by atoms with van der Waals surface area (Å²) >= 11 is 0. The summed E-state index contributed by atoms with van der Waals surface area (Å²) in [6.45, 7) is 0. The van der Waals surface area contributed by atoms with E-state index in [1.807, 2.05) is 0 Å². The number of rotatable bonds is 8. The van der Waals surface area contributed by atoms with Crippen LogP contribution < -0.4 is 4.90 Å². The molecule has 9 aromatic rings. The number of anilines is 3. The van der Waals surface area contributed by atoms with Gasteiger partial charge in [-0.3, -0.25) is 0 Å². The molecule has 0 bridgehead atoms. The van der Waals surface area contributed by atoms with E-state index in [1.165, 1.54) is 60.8 Å². The van der Waals surface area contributed by atoms with Crippen LogP contribution in [0.25, 0.3) is 66.4 Å².